The van der Waals surface area contributed by atoms with E-state index in [-0.39, 0.29) is 6.10 Å². The Labute approximate surface area is 92.8 Å². The summed E-state index contributed by atoms with van der Waals surface area (Å²) in [5.41, 5.74) is 0. The molecule has 3 atom stereocenters. The van der Waals surface area contributed by atoms with Crippen molar-refractivity contribution in [3.8, 4) is 0 Å². The zero-order valence-electron chi connectivity index (χ0n) is 9.95. The Morgan fingerprint density at radius 3 is 2.67 bits per heavy atom. The predicted molar refractivity (Wildman–Crippen MR) is 59.9 cm³/mol. The van der Waals surface area contributed by atoms with Gasteiger partial charge < -0.3 is 14.6 Å². The quantitative estimate of drug-likeness (QED) is 0.599. The average Bonchev–Trinajstić information content (AvgIpc) is 3.05. The van der Waals surface area contributed by atoms with Gasteiger partial charge in [-0.3, -0.25) is 0 Å². The van der Waals surface area contributed by atoms with Crippen LogP contribution in [0.5, 0.6) is 0 Å². The molecule has 0 aromatic heterocycles. The van der Waals surface area contributed by atoms with Crippen molar-refractivity contribution in [3.05, 3.63) is 0 Å². The molecule has 1 heterocycles. The largest absolute Gasteiger partial charge is 0.393 e. The van der Waals surface area contributed by atoms with Crippen molar-refractivity contribution in [1.82, 2.24) is 0 Å². The SMILES string of the molecule is CCC(O)CCC(CCC1CO1)COC. The molecule has 1 fully saturated rings. The Balaban J connectivity index is 2.10. The molecule has 0 radical (unpaired) electrons. The van der Waals surface area contributed by atoms with E-state index in [1.165, 1.54) is 0 Å². The van der Waals surface area contributed by atoms with Crippen LogP contribution in [0.4, 0.5) is 0 Å². The van der Waals surface area contributed by atoms with Gasteiger partial charge in [-0.1, -0.05) is 6.92 Å². The summed E-state index contributed by atoms with van der Waals surface area (Å²) in [6.07, 6.45) is 5.50. The molecule has 0 spiro atoms. The number of hydrogen-bond acceptors (Lipinski definition) is 3. The summed E-state index contributed by atoms with van der Waals surface area (Å²) in [4.78, 5) is 0. The number of hydrogen-bond donors (Lipinski definition) is 1. The highest BCUT2D eigenvalue weighted by Crippen LogP contribution is 2.22. The van der Waals surface area contributed by atoms with Gasteiger partial charge in [-0.05, 0) is 38.0 Å². The number of rotatable bonds is 9. The normalized spacial score (nSPS) is 23.8. The van der Waals surface area contributed by atoms with Crippen molar-refractivity contribution < 1.29 is 14.6 Å². The number of ether oxygens (including phenoxy) is 2. The Bertz CT molecular complexity index is 157. The van der Waals surface area contributed by atoms with Gasteiger partial charge in [0.05, 0.1) is 18.8 Å². The van der Waals surface area contributed by atoms with Crippen LogP contribution < -0.4 is 0 Å². The van der Waals surface area contributed by atoms with Gasteiger partial charge in [-0.2, -0.15) is 0 Å². The van der Waals surface area contributed by atoms with Crippen LogP contribution in [0, 0.1) is 5.92 Å². The molecule has 0 saturated carbocycles. The summed E-state index contributed by atoms with van der Waals surface area (Å²) in [7, 11) is 1.75. The van der Waals surface area contributed by atoms with E-state index in [2.05, 4.69) is 0 Å². The molecular formula is C12H24O3. The van der Waals surface area contributed by atoms with Crippen molar-refractivity contribution in [2.75, 3.05) is 20.3 Å². The number of methoxy groups -OCH3 is 1. The minimum absolute atomic E-state index is 0.137. The predicted octanol–water partition coefficient (Wildman–Crippen LogP) is 1.98. The fourth-order valence-electron chi connectivity index (χ4n) is 1.84. The van der Waals surface area contributed by atoms with Gasteiger partial charge >= 0.3 is 0 Å². The first kappa shape index (κ1) is 12.9. The third kappa shape index (κ3) is 6.13. The molecule has 1 saturated heterocycles. The summed E-state index contributed by atoms with van der Waals surface area (Å²) < 4.78 is 10.4. The van der Waals surface area contributed by atoms with Gasteiger partial charge in [0.25, 0.3) is 0 Å². The highest BCUT2D eigenvalue weighted by atomic mass is 16.6. The van der Waals surface area contributed by atoms with Gasteiger partial charge in [-0.15, -0.1) is 0 Å². The lowest BCUT2D eigenvalue weighted by atomic mass is 9.95. The molecule has 1 N–H and O–H groups in total. The highest BCUT2D eigenvalue weighted by Gasteiger charge is 2.23. The summed E-state index contributed by atoms with van der Waals surface area (Å²) in [6, 6.07) is 0. The monoisotopic (exact) mass is 216 g/mol. The van der Waals surface area contributed by atoms with Crippen molar-refractivity contribution in [2.24, 2.45) is 5.92 Å². The standard InChI is InChI=1S/C12H24O3/c1-3-11(13)6-4-10(8-14-2)5-7-12-9-15-12/h10-13H,3-9H2,1-2H3. The molecule has 90 valence electrons. The molecule has 1 aliphatic rings. The van der Waals surface area contributed by atoms with Crippen LogP contribution in [0.1, 0.15) is 39.0 Å². The summed E-state index contributed by atoms with van der Waals surface area (Å²) in [5, 5.41) is 9.50. The van der Waals surface area contributed by atoms with Gasteiger partial charge in [0, 0.05) is 13.7 Å². The van der Waals surface area contributed by atoms with E-state index in [4.69, 9.17) is 9.47 Å². The van der Waals surface area contributed by atoms with Crippen molar-refractivity contribution >= 4 is 0 Å². The van der Waals surface area contributed by atoms with Crippen LogP contribution >= 0.6 is 0 Å². The zero-order valence-corrected chi connectivity index (χ0v) is 9.95. The van der Waals surface area contributed by atoms with E-state index >= 15 is 0 Å². The van der Waals surface area contributed by atoms with Crippen LogP contribution in [0.25, 0.3) is 0 Å². The van der Waals surface area contributed by atoms with Crippen LogP contribution in [-0.4, -0.2) is 37.6 Å². The van der Waals surface area contributed by atoms with Crippen LogP contribution in [0.3, 0.4) is 0 Å². The molecule has 3 unspecified atom stereocenters. The maximum absolute atomic E-state index is 9.50. The lowest BCUT2D eigenvalue weighted by Gasteiger charge is -2.17. The summed E-state index contributed by atoms with van der Waals surface area (Å²) >= 11 is 0. The molecule has 0 aromatic carbocycles. The van der Waals surface area contributed by atoms with Crippen LogP contribution in [0.2, 0.25) is 0 Å². The van der Waals surface area contributed by atoms with Gasteiger partial charge in [0.1, 0.15) is 0 Å². The molecule has 0 amide bonds. The summed E-state index contributed by atoms with van der Waals surface area (Å²) in [5.74, 6) is 0.584. The minimum atomic E-state index is -0.137. The molecule has 3 heteroatoms. The zero-order chi connectivity index (χ0) is 11.1. The van der Waals surface area contributed by atoms with Gasteiger partial charge in [0.2, 0.25) is 0 Å². The maximum atomic E-state index is 9.50. The molecule has 1 aliphatic heterocycles. The third-order valence-corrected chi connectivity index (χ3v) is 3.08. The Morgan fingerprint density at radius 1 is 1.40 bits per heavy atom. The Kier molecular flexibility index (Phi) is 6.22. The molecule has 0 bridgehead atoms. The van der Waals surface area contributed by atoms with Gasteiger partial charge in [0.15, 0.2) is 0 Å². The fraction of sp³-hybridized carbons (Fsp3) is 1.00. The molecule has 1 rings (SSSR count). The van der Waals surface area contributed by atoms with E-state index in [9.17, 15) is 5.11 Å². The lowest BCUT2D eigenvalue weighted by molar-refractivity contribution is 0.113. The van der Waals surface area contributed by atoms with E-state index in [0.29, 0.717) is 12.0 Å². The minimum Gasteiger partial charge on any atom is -0.393 e. The maximum Gasteiger partial charge on any atom is 0.0810 e. The molecule has 0 aromatic rings. The second kappa shape index (κ2) is 7.20. The molecule has 3 nitrogen and oxygen atoms in total. The van der Waals surface area contributed by atoms with Crippen molar-refractivity contribution in [3.63, 3.8) is 0 Å². The molecule has 15 heavy (non-hydrogen) atoms. The van der Waals surface area contributed by atoms with E-state index in [1.807, 2.05) is 6.92 Å². The average molecular weight is 216 g/mol. The van der Waals surface area contributed by atoms with E-state index in [0.717, 1.165) is 45.3 Å². The first-order valence-electron chi connectivity index (χ1n) is 6.04. The first-order chi connectivity index (χ1) is 7.26. The number of aliphatic hydroxyl groups excluding tert-OH is 1. The third-order valence-electron chi connectivity index (χ3n) is 3.08. The van der Waals surface area contributed by atoms with Crippen LogP contribution in [0.15, 0.2) is 0 Å². The fourth-order valence-corrected chi connectivity index (χ4v) is 1.84. The first-order valence-corrected chi connectivity index (χ1v) is 6.04. The molecule has 0 aliphatic carbocycles. The van der Waals surface area contributed by atoms with Crippen LogP contribution in [-0.2, 0) is 9.47 Å². The summed E-state index contributed by atoms with van der Waals surface area (Å²) in [6.45, 7) is 3.77. The highest BCUT2D eigenvalue weighted by molar-refractivity contribution is 4.72. The molecular weight excluding hydrogens is 192 g/mol. The van der Waals surface area contributed by atoms with E-state index < -0.39 is 0 Å². The van der Waals surface area contributed by atoms with Crippen molar-refractivity contribution in [1.29, 1.82) is 0 Å². The van der Waals surface area contributed by atoms with Gasteiger partial charge in [-0.25, -0.2) is 0 Å². The number of epoxide rings is 1. The van der Waals surface area contributed by atoms with E-state index in [1.54, 1.807) is 7.11 Å². The smallest absolute Gasteiger partial charge is 0.0810 e. The second-order valence-corrected chi connectivity index (χ2v) is 4.49. The van der Waals surface area contributed by atoms with Crippen molar-refractivity contribution in [2.45, 2.75) is 51.2 Å². The topological polar surface area (TPSA) is 42.0 Å². The number of aliphatic hydroxyl groups is 1. The lowest BCUT2D eigenvalue weighted by Crippen LogP contribution is -2.13. The Morgan fingerprint density at radius 2 is 2.13 bits per heavy atom. The second-order valence-electron chi connectivity index (χ2n) is 4.49. The Hall–Kier alpha value is -0.120.